The molecule has 0 spiro atoms. The minimum atomic E-state index is -3.84. The lowest BCUT2D eigenvalue weighted by atomic mass is 10.0. The summed E-state index contributed by atoms with van der Waals surface area (Å²) in [6.45, 7) is 4.56. The van der Waals surface area contributed by atoms with Crippen LogP contribution in [0.25, 0.3) is 0 Å². The van der Waals surface area contributed by atoms with Crippen LogP contribution in [0.15, 0.2) is 29.7 Å². The lowest BCUT2D eigenvalue weighted by Crippen LogP contribution is -2.15. The number of aromatic carboxylic acids is 2. The van der Waals surface area contributed by atoms with E-state index in [0.29, 0.717) is 0 Å². The summed E-state index contributed by atoms with van der Waals surface area (Å²) in [5.41, 5.74) is -0.846. The first-order chi connectivity index (χ1) is 8.72. The summed E-state index contributed by atoms with van der Waals surface area (Å²) in [7, 11) is -3.84. The van der Waals surface area contributed by atoms with Crippen molar-refractivity contribution in [3.8, 4) is 0 Å². The first-order valence-electron chi connectivity index (χ1n) is 5.16. The van der Waals surface area contributed by atoms with E-state index in [1.807, 2.05) is 0 Å². The quantitative estimate of drug-likeness (QED) is 0.790. The summed E-state index contributed by atoms with van der Waals surface area (Å²) in [5, 5.41) is 18.0. The van der Waals surface area contributed by atoms with E-state index in [4.69, 9.17) is 10.2 Å². The van der Waals surface area contributed by atoms with Gasteiger partial charge in [-0.15, -0.1) is 6.58 Å². The van der Waals surface area contributed by atoms with E-state index < -0.39 is 38.0 Å². The molecule has 19 heavy (non-hydrogen) atoms. The number of sulfone groups is 1. The molecule has 0 fully saturated rings. The molecule has 1 rings (SSSR count). The lowest BCUT2D eigenvalue weighted by Gasteiger charge is -2.11. The molecule has 0 saturated carbocycles. The maximum Gasteiger partial charge on any atom is 0.337 e. The van der Waals surface area contributed by atoms with Crippen LogP contribution in [0.2, 0.25) is 0 Å². The van der Waals surface area contributed by atoms with Gasteiger partial charge in [0.15, 0.2) is 9.84 Å². The van der Waals surface area contributed by atoms with Gasteiger partial charge >= 0.3 is 11.9 Å². The van der Waals surface area contributed by atoms with Crippen LogP contribution in [-0.2, 0) is 9.84 Å². The van der Waals surface area contributed by atoms with Crippen molar-refractivity contribution in [1.29, 1.82) is 0 Å². The highest BCUT2D eigenvalue weighted by molar-refractivity contribution is 7.91. The van der Waals surface area contributed by atoms with Crippen molar-refractivity contribution in [2.24, 2.45) is 0 Å². The second-order valence-corrected chi connectivity index (χ2v) is 5.79. The van der Waals surface area contributed by atoms with Crippen LogP contribution in [-0.4, -0.2) is 36.3 Å². The Morgan fingerprint density at radius 2 is 1.84 bits per heavy atom. The van der Waals surface area contributed by atoms with Crippen molar-refractivity contribution < 1.29 is 28.2 Å². The van der Waals surface area contributed by atoms with Crippen LogP contribution in [0.4, 0.5) is 0 Å². The van der Waals surface area contributed by atoms with Crippen molar-refractivity contribution in [3.63, 3.8) is 0 Å². The zero-order valence-corrected chi connectivity index (χ0v) is 10.9. The average molecular weight is 284 g/mol. The maximum atomic E-state index is 11.9. The van der Waals surface area contributed by atoms with Crippen molar-refractivity contribution in [3.05, 3.63) is 41.5 Å². The van der Waals surface area contributed by atoms with Crippen LogP contribution in [0, 0.1) is 6.92 Å². The van der Waals surface area contributed by atoms with Crippen molar-refractivity contribution in [1.82, 2.24) is 0 Å². The second kappa shape index (κ2) is 5.23. The number of carbonyl (C=O) groups is 2. The second-order valence-electron chi connectivity index (χ2n) is 3.79. The van der Waals surface area contributed by atoms with Crippen LogP contribution < -0.4 is 0 Å². The number of carboxylic acids is 2. The standard InChI is InChI=1S/C12H12O6S/c1-3-6-19(17,18)9-5-4-8(11(13)14)7(2)10(9)12(15)16/h3-5H,1,6H2,2H3,(H,13,14)(H,15,16). The molecule has 102 valence electrons. The van der Waals surface area contributed by atoms with Crippen molar-refractivity contribution in [2.75, 3.05) is 5.75 Å². The monoisotopic (exact) mass is 284 g/mol. The van der Waals surface area contributed by atoms with Gasteiger partial charge in [-0.25, -0.2) is 18.0 Å². The Bertz CT molecular complexity index is 657. The summed E-state index contributed by atoms with van der Waals surface area (Å²) in [6.07, 6.45) is 1.14. The molecule has 7 heteroatoms. The topological polar surface area (TPSA) is 109 Å². The van der Waals surface area contributed by atoms with Gasteiger partial charge in [0.05, 0.1) is 21.8 Å². The van der Waals surface area contributed by atoms with Crippen molar-refractivity contribution in [2.45, 2.75) is 11.8 Å². The Balaban J connectivity index is 3.69. The fourth-order valence-electron chi connectivity index (χ4n) is 1.69. The number of hydrogen-bond acceptors (Lipinski definition) is 4. The third kappa shape index (κ3) is 2.82. The van der Waals surface area contributed by atoms with Crippen molar-refractivity contribution >= 4 is 21.8 Å². The van der Waals surface area contributed by atoms with E-state index in [1.54, 1.807) is 0 Å². The number of rotatable bonds is 5. The summed E-state index contributed by atoms with van der Waals surface area (Å²) in [5.74, 6) is -3.21. The van der Waals surface area contributed by atoms with Crippen LogP contribution in [0.1, 0.15) is 26.3 Å². The maximum absolute atomic E-state index is 11.9. The lowest BCUT2D eigenvalue weighted by molar-refractivity contribution is 0.0691. The Hall–Kier alpha value is -2.15. The van der Waals surface area contributed by atoms with Gasteiger partial charge in [0.1, 0.15) is 0 Å². The van der Waals surface area contributed by atoms with Crippen LogP contribution in [0.3, 0.4) is 0 Å². The highest BCUT2D eigenvalue weighted by atomic mass is 32.2. The number of carboxylic acid groups (broad SMARTS) is 2. The molecule has 1 aromatic carbocycles. The van der Waals surface area contributed by atoms with Gasteiger partial charge in [-0.1, -0.05) is 6.08 Å². The first-order valence-corrected chi connectivity index (χ1v) is 6.81. The fourth-order valence-corrected chi connectivity index (χ4v) is 3.01. The average Bonchev–Trinajstić information content (AvgIpc) is 2.27. The summed E-state index contributed by atoms with van der Waals surface area (Å²) >= 11 is 0. The highest BCUT2D eigenvalue weighted by Crippen LogP contribution is 2.24. The van der Waals surface area contributed by atoms with E-state index in [1.165, 1.54) is 6.92 Å². The Morgan fingerprint density at radius 3 is 2.26 bits per heavy atom. The van der Waals surface area contributed by atoms with Gasteiger partial charge in [0.25, 0.3) is 0 Å². The molecular formula is C12H12O6S. The Labute approximate surface area is 109 Å². The van der Waals surface area contributed by atoms with Gasteiger partial charge in [-0.3, -0.25) is 0 Å². The van der Waals surface area contributed by atoms with E-state index in [0.717, 1.165) is 18.2 Å². The van der Waals surface area contributed by atoms with Gasteiger partial charge in [0, 0.05) is 0 Å². The Morgan fingerprint density at radius 1 is 1.26 bits per heavy atom. The zero-order valence-electron chi connectivity index (χ0n) is 10.1. The molecule has 0 atom stereocenters. The highest BCUT2D eigenvalue weighted by Gasteiger charge is 2.26. The molecule has 1 aromatic rings. The molecule has 6 nitrogen and oxygen atoms in total. The largest absolute Gasteiger partial charge is 0.478 e. The summed E-state index contributed by atoms with van der Waals surface area (Å²) in [6, 6.07) is 2.08. The molecule has 2 N–H and O–H groups in total. The molecule has 0 aromatic heterocycles. The van der Waals surface area contributed by atoms with Gasteiger partial charge < -0.3 is 10.2 Å². The van der Waals surface area contributed by atoms with Crippen LogP contribution in [0.5, 0.6) is 0 Å². The minimum absolute atomic E-state index is 0.0925. The van der Waals surface area contributed by atoms with E-state index in [2.05, 4.69) is 6.58 Å². The molecule has 0 saturated heterocycles. The molecule has 0 bridgehead atoms. The fraction of sp³-hybridized carbons (Fsp3) is 0.167. The third-order valence-corrected chi connectivity index (χ3v) is 4.23. The molecule has 0 aliphatic carbocycles. The minimum Gasteiger partial charge on any atom is -0.478 e. The van der Waals surface area contributed by atoms with Gasteiger partial charge in [0.2, 0.25) is 0 Å². The van der Waals surface area contributed by atoms with E-state index >= 15 is 0 Å². The smallest absolute Gasteiger partial charge is 0.337 e. The number of benzene rings is 1. The molecule has 0 unspecified atom stereocenters. The predicted molar refractivity (Wildman–Crippen MR) is 67.3 cm³/mol. The molecule has 0 heterocycles. The molecule has 0 aliphatic heterocycles. The normalized spacial score (nSPS) is 11.0. The third-order valence-electron chi connectivity index (χ3n) is 2.54. The van der Waals surface area contributed by atoms with E-state index in [-0.39, 0.29) is 11.1 Å². The molecule has 0 aliphatic rings. The molecular weight excluding hydrogens is 272 g/mol. The zero-order chi connectivity index (χ0) is 14.8. The Kier molecular flexibility index (Phi) is 4.10. The van der Waals surface area contributed by atoms with Gasteiger partial charge in [-0.05, 0) is 24.6 Å². The van der Waals surface area contributed by atoms with E-state index in [9.17, 15) is 18.0 Å². The predicted octanol–water partition coefficient (Wildman–Crippen LogP) is 1.35. The molecule has 0 amide bonds. The number of hydrogen-bond donors (Lipinski definition) is 2. The van der Waals surface area contributed by atoms with Gasteiger partial charge in [-0.2, -0.15) is 0 Å². The first kappa shape index (κ1) is 14.9. The molecule has 0 radical (unpaired) electrons. The SMILES string of the molecule is C=CCS(=O)(=O)c1ccc(C(=O)O)c(C)c1C(=O)O. The summed E-state index contributed by atoms with van der Waals surface area (Å²) < 4.78 is 23.8. The summed E-state index contributed by atoms with van der Waals surface area (Å²) in [4.78, 5) is 21.7. The van der Waals surface area contributed by atoms with Crippen LogP contribution >= 0.6 is 0 Å².